The van der Waals surface area contributed by atoms with Crippen molar-refractivity contribution in [3.8, 4) is 11.5 Å². The monoisotopic (exact) mass is 1340 g/mol. The number of halogens is 1. The van der Waals surface area contributed by atoms with Crippen LogP contribution in [0.4, 0.5) is 36.4 Å². The van der Waals surface area contributed by atoms with Crippen LogP contribution in [0.5, 0.6) is 11.5 Å². The molecule has 0 bridgehead atoms. The van der Waals surface area contributed by atoms with Gasteiger partial charge in [0.2, 0.25) is 5.91 Å². The Kier molecular flexibility index (Phi) is 25.6. The molecule has 2 aromatic heterocycles. The fourth-order valence-corrected chi connectivity index (χ4v) is 10.9. The smallest absolute Gasteiger partial charge is 0.415 e. The second kappa shape index (κ2) is 34.3. The van der Waals surface area contributed by atoms with Gasteiger partial charge in [0.05, 0.1) is 69.6 Å². The molecule has 2 aliphatic rings. The number of phenols is 1. The van der Waals surface area contributed by atoms with E-state index in [1.54, 1.807) is 61.2 Å². The number of alkyl carbamates (subject to hydrolysis) is 1. The van der Waals surface area contributed by atoms with Crippen molar-refractivity contribution >= 4 is 110 Å². The van der Waals surface area contributed by atoms with Crippen molar-refractivity contribution in [2.45, 2.75) is 58.6 Å². The molecule has 6 aromatic rings. The number of hydrogen-bond donors (Lipinski definition) is 7. The van der Waals surface area contributed by atoms with Gasteiger partial charge >= 0.3 is 24.3 Å². The minimum absolute atomic E-state index is 0.0215. The first-order valence-corrected chi connectivity index (χ1v) is 31.6. The number of aryl methyl sites for hydroxylation is 1. The third-order valence-electron chi connectivity index (χ3n) is 15.9. The van der Waals surface area contributed by atoms with Crippen molar-refractivity contribution in [1.82, 2.24) is 35.3 Å². The first-order chi connectivity index (χ1) is 46.1. The number of phenolic OH excluding ortho intramolecular Hbond substituents is 1. The van der Waals surface area contributed by atoms with Gasteiger partial charge in [-0.3, -0.25) is 33.7 Å². The Morgan fingerprint density at radius 3 is 2.15 bits per heavy atom. The topological polar surface area (TPSA) is 362 Å². The molecular formula is C67H78ClN11O17. The second-order valence-corrected chi connectivity index (χ2v) is 23.5. The lowest BCUT2D eigenvalue weighted by Crippen LogP contribution is -2.46. The highest BCUT2D eigenvalue weighted by Gasteiger charge is 2.37. The van der Waals surface area contributed by atoms with E-state index < -0.39 is 53.9 Å². The van der Waals surface area contributed by atoms with Crippen LogP contribution in [0.3, 0.4) is 0 Å². The largest absolute Gasteiger partial charge is 0.508 e. The molecule has 96 heavy (non-hydrogen) atoms. The molecule has 29 heteroatoms. The Morgan fingerprint density at radius 1 is 0.812 bits per heavy atom. The van der Waals surface area contributed by atoms with E-state index in [1.807, 2.05) is 25.1 Å². The predicted molar refractivity (Wildman–Crippen MR) is 354 cm³/mol. The molecular weight excluding hydrogens is 1270 g/mol. The van der Waals surface area contributed by atoms with Crippen molar-refractivity contribution < 1.29 is 81.5 Å². The Balaban J connectivity index is 0.786. The number of nitrogens with one attached hydrogen (secondary N) is 5. The number of fused-ring (bicyclic) bond motifs is 4. The van der Waals surface area contributed by atoms with Crippen LogP contribution in [0.25, 0.3) is 21.7 Å². The minimum atomic E-state index is -1.01. The first kappa shape index (κ1) is 71.7. The van der Waals surface area contributed by atoms with Crippen LogP contribution < -0.4 is 36.6 Å². The number of benzene rings is 4. The average molecular weight is 1340 g/mol. The lowest BCUT2D eigenvalue weighted by molar-refractivity contribution is -0.137. The van der Waals surface area contributed by atoms with Gasteiger partial charge in [-0.2, -0.15) is 0 Å². The molecule has 0 unspecified atom stereocenters. The number of aromatic nitrogens is 2. The molecule has 0 radical (unpaired) electrons. The molecule has 10 amide bonds. The average Bonchev–Trinajstić information content (AvgIpc) is 1.69. The summed E-state index contributed by atoms with van der Waals surface area (Å²) in [7, 11) is 3.04. The van der Waals surface area contributed by atoms with Crippen LogP contribution in [0.1, 0.15) is 76.6 Å². The molecule has 2 aliphatic heterocycles. The SMILES string of the molecule is Cc1cccc2c(OC(=O)N(C)CCN(C)C(=O)OCc3ccc(NC(=O)[C@H](CCCNC(N)=O)CC(=O)[C@@H](NC(=O)OCCOCCOCCOCCN4C(=O)C=CC4=O)C(C)C)cc3)cc3c(c12)[C@H](CCl)CN3C(=O)c1cc2cc(NC(=O)c3ccc(O)cc3)ncc2[nH]1. The van der Waals surface area contributed by atoms with E-state index in [0.29, 0.717) is 45.2 Å². The fraction of sp³-hybridized carbons (Fsp3) is 0.388. The van der Waals surface area contributed by atoms with E-state index in [1.165, 1.54) is 66.5 Å². The van der Waals surface area contributed by atoms with Gasteiger partial charge in [-0.25, -0.2) is 24.2 Å². The molecule has 8 N–H and O–H groups in total. The number of ether oxygens (including phenoxy) is 6. The van der Waals surface area contributed by atoms with Crippen molar-refractivity contribution in [3.05, 3.63) is 131 Å². The fourth-order valence-electron chi connectivity index (χ4n) is 10.7. The predicted octanol–water partition coefficient (Wildman–Crippen LogP) is 7.35. The summed E-state index contributed by atoms with van der Waals surface area (Å²) >= 11 is 6.61. The number of carbonyl (C=O) groups excluding carboxylic acids is 10. The molecule has 28 nitrogen and oxygen atoms in total. The summed E-state index contributed by atoms with van der Waals surface area (Å²) in [6.07, 6.45) is 1.87. The summed E-state index contributed by atoms with van der Waals surface area (Å²) in [5.41, 5.74) is 9.53. The van der Waals surface area contributed by atoms with Crippen molar-refractivity contribution in [1.29, 1.82) is 0 Å². The number of H-pyrrole nitrogens is 1. The second-order valence-electron chi connectivity index (χ2n) is 23.2. The molecule has 4 aromatic carbocycles. The van der Waals surface area contributed by atoms with Gasteiger partial charge in [0, 0.05) is 105 Å². The highest BCUT2D eigenvalue weighted by Crippen LogP contribution is 2.47. The maximum Gasteiger partial charge on any atom is 0.415 e. The summed E-state index contributed by atoms with van der Waals surface area (Å²) in [4.78, 5) is 142. The van der Waals surface area contributed by atoms with Gasteiger partial charge in [-0.1, -0.05) is 44.2 Å². The highest BCUT2D eigenvalue weighted by atomic mass is 35.5. The Morgan fingerprint density at radius 2 is 1.48 bits per heavy atom. The standard InChI is InChI=1S/C67H78ClN11O17/c1-40(2)60(75-65(88)94-31-30-93-29-28-92-27-26-91-25-24-78-56(82)19-20-57(78)83)53(81)33-44(9-7-21-70-64(69)87)62(85)72-47-15-11-42(12-16-47)39-95-66(89)76(4)22-23-77(5)67(90)96-54-35-52-59(58-41(3)8-6-10-49(54)58)46(36-68)38-79(52)63(86)50-32-45-34-55(71-37-51(45)73-50)74-61(84)43-13-17-48(80)18-14-43/h6,8,10-20,32,34-35,37,40,44,46,60,73,80H,7,9,21-31,33,36,38-39H2,1-5H3,(H,72,85)(H,75,88)(H3,69,70,87)(H,71,74,84)/t44-,46-,60+/m1/s1. The number of Topliss-reactive ketones (excluding diaryl/α,β-unsaturated/α-hetero) is 1. The maximum absolute atomic E-state index is 14.5. The molecule has 0 saturated carbocycles. The van der Waals surface area contributed by atoms with E-state index in [2.05, 4.69) is 31.2 Å². The van der Waals surface area contributed by atoms with Gasteiger partial charge in [0.25, 0.3) is 23.6 Å². The zero-order chi connectivity index (χ0) is 69.0. The molecule has 0 spiro atoms. The molecule has 0 saturated heterocycles. The number of urea groups is 1. The Labute approximate surface area is 558 Å². The lowest BCUT2D eigenvalue weighted by atomic mass is 9.89. The van der Waals surface area contributed by atoms with Crippen LogP contribution in [0.2, 0.25) is 0 Å². The summed E-state index contributed by atoms with van der Waals surface area (Å²) in [6, 6.07) is 21.1. The number of primary amides is 1. The number of carbonyl (C=O) groups is 10. The number of ketones is 1. The maximum atomic E-state index is 14.5. The van der Waals surface area contributed by atoms with E-state index in [9.17, 15) is 53.1 Å². The van der Waals surface area contributed by atoms with E-state index in [0.717, 1.165) is 21.4 Å². The quantitative estimate of drug-likeness (QED) is 0.0120. The minimum Gasteiger partial charge on any atom is -0.508 e. The number of aromatic hydroxyl groups is 1. The Hall–Kier alpha value is -10.2. The molecule has 8 rings (SSSR count). The summed E-state index contributed by atoms with van der Waals surface area (Å²) in [5, 5.41) is 22.3. The lowest BCUT2D eigenvalue weighted by Gasteiger charge is -2.24. The zero-order valence-corrected chi connectivity index (χ0v) is 54.6. The highest BCUT2D eigenvalue weighted by molar-refractivity contribution is 6.20. The third kappa shape index (κ3) is 19.5. The number of pyridine rings is 1. The number of nitrogens with zero attached hydrogens (tertiary/aromatic N) is 5. The van der Waals surface area contributed by atoms with Crippen LogP contribution in [0, 0.1) is 18.8 Å². The van der Waals surface area contributed by atoms with Crippen LogP contribution in [-0.2, 0) is 49.5 Å². The van der Waals surface area contributed by atoms with Crippen molar-refractivity contribution in [2.75, 3.05) is 114 Å². The Bertz CT molecular complexity index is 3830. The number of imide groups is 1. The van der Waals surface area contributed by atoms with Crippen LogP contribution >= 0.6 is 11.6 Å². The molecule has 3 atom stereocenters. The first-order valence-electron chi connectivity index (χ1n) is 31.1. The van der Waals surface area contributed by atoms with Gasteiger partial charge < -0.3 is 80.2 Å². The van der Waals surface area contributed by atoms with Crippen molar-refractivity contribution in [2.24, 2.45) is 17.6 Å². The van der Waals surface area contributed by atoms with Gasteiger partial charge in [0.15, 0.2) is 5.78 Å². The third-order valence-corrected chi connectivity index (χ3v) is 16.2. The van der Waals surface area contributed by atoms with E-state index in [4.69, 9.17) is 45.8 Å². The number of hydrogen-bond acceptors (Lipinski definition) is 18. The van der Waals surface area contributed by atoms with Crippen LogP contribution in [0.15, 0.2) is 103 Å². The molecule has 510 valence electrons. The molecule has 4 heterocycles. The normalized spacial score (nSPS) is 13.9. The number of anilines is 3. The number of rotatable bonds is 33. The van der Waals surface area contributed by atoms with E-state index >= 15 is 0 Å². The van der Waals surface area contributed by atoms with Gasteiger partial charge in [-0.15, -0.1) is 11.6 Å². The summed E-state index contributed by atoms with van der Waals surface area (Å²) in [6.45, 7) is 6.89. The zero-order valence-electron chi connectivity index (χ0n) is 53.8. The van der Waals surface area contributed by atoms with Crippen molar-refractivity contribution in [3.63, 3.8) is 0 Å². The number of alkyl halides is 1. The van der Waals surface area contributed by atoms with Gasteiger partial charge in [0.1, 0.15) is 36.2 Å². The van der Waals surface area contributed by atoms with Gasteiger partial charge in [-0.05, 0) is 96.3 Å². The number of nitrogens with two attached hydrogens (primary N) is 1. The number of aromatic amines is 1. The number of likely N-dealkylation sites (N-methyl/N-ethyl adjacent to an activating group) is 2. The van der Waals surface area contributed by atoms with E-state index in [-0.39, 0.29) is 157 Å². The number of amides is 10. The molecule has 0 aliphatic carbocycles. The summed E-state index contributed by atoms with van der Waals surface area (Å²) in [5.74, 6) is -3.36. The molecule has 0 fully saturated rings. The van der Waals surface area contributed by atoms with Crippen LogP contribution in [-0.4, -0.2) is 194 Å². The summed E-state index contributed by atoms with van der Waals surface area (Å²) < 4.78 is 33.2.